The maximum atomic E-state index is 13.9. The molecule has 0 atom stereocenters. The number of nitrogens with one attached hydrogen (secondary N) is 2. The van der Waals surface area contributed by atoms with E-state index in [9.17, 15) is 9.18 Å². The topological polar surface area (TPSA) is 75.6 Å². The standard InChI is InChI=1S/C20H18FN5OS/c1-12-19(13(2)26(25-12)11-14-6-3-4-7-15(14)21)22-20(27)17-10-16(23-24-17)18-8-5-9-28-18/h3-10H,11H2,1-2H3,(H,22,27)(H,23,24). The number of hydrogen-bond donors (Lipinski definition) is 2. The Morgan fingerprint density at radius 2 is 2.07 bits per heavy atom. The Hall–Kier alpha value is -3.26. The number of anilines is 1. The summed E-state index contributed by atoms with van der Waals surface area (Å²) in [5, 5.41) is 16.3. The zero-order chi connectivity index (χ0) is 19.7. The quantitative estimate of drug-likeness (QED) is 0.526. The highest BCUT2D eigenvalue weighted by Crippen LogP contribution is 2.25. The summed E-state index contributed by atoms with van der Waals surface area (Å²) in [7, 11) is 0. The summed E-state index contributed by atoms with van der Waals surface area (Å²) in [6.07, 6.45) is 0. The van der Waals surface area contributed by atoms with E-state index in [-0.39, 0.29) is 11.7 Å². The van der Waals surface area contributed by atoms with Crippen molar-refractivity contribution in [1.29, 1.82) is 0 Å². The Balaban J connectivity index is 1.54. The van der Waals surface area contributed by atoms with Crippen LogP contribution >= 0.6 is 11.3 Å². The summed E-state index contributed by atoms with van der Waals surface area (Å²) in [4.78, 5) is 13.6. The van der Waals surface area contributed by atoms with Crippen LogP contribution in [0.3, 0.4) is 0 Å². The van der Waals surface area contributed by atoms with Gasteiger partial charge in [0.05, 0.1) is 34.2 Å². The van der Waals surface area contributed by atoms with Gasteiger partial charge in [-0.05, 0) is 37.4 Å². The van der Waals surface area contributed by atoms with Gasteiger partial charge in [-0.3, -0.25) is 14.6 Å². The van der Waals surface area contributed by atoms with Crippen molar-refractivity contribution in [1.82, 2.24) is 20.0 Å². The van der Waals surface area contributed by atoms with Crippen LogP contribution < -0.4 is 5.32 Å². The summed E-state index contributed by atoms with van der Waals surface area (Å²) in [5.74, 6) is -0.603. The van der Waals surface area contributed by atoms with Crippen LogP contribution in [0.4, 0.5) is 10.1 Å². The monoisotopic (exact) mass is 395 g/mol. The summed E-state index contributed by atoms with van der Waals surface area (Å²) in [5.41, 5.74) is 3.66. The van der Waals surface area contributed by atoms with E-state index in [0.717, 1.165) is 16.3 Å². The van der Waals surface area contributed by atoms with Crippen LogP contribution in [0.2, 0.25) is 0 Å². The molecule has 0 fully saturated rings. The van der Waals surface area contributed by atoms with Crippen molar-refractivity contribution in [2.45, 2.75) is 20.4 Å². The first-order valence-electron chi connectivity index (χ1n) is 8.71. The van der Waals surface area contributed by atoms with Crippen molar-refractivity contribution in [3.8, 4) is 10.6 Å². The molecule has 4 aromatic rings. The van der Waals surface area contributed by atoms with E-state index >= 15 is 0 Å². The molecule has 1 amide bonds. The highest BCUT2D eigenvalue weighted by atomic mass is 32.1. The molecule has 142 valence electrons. The van der Waals surface area contributed by atoms with Gasteiger partial charge in [0.1, 0.15) is 5.82 Å². The van der Waals surface area contributed by atoms with Crippen molar-refractivity contribution in [2.75, 3.05) is 5.32 Å². The number of carbonyl (C=O) groups is 1. The molecule has 4 rings (SSSR count). The predicted molar refractivity (Wildman–Crippen MR) is 107 cm³/mol. The zero-order valence-electron chi connectivity index (χ0n) is 15.4. The van der Waals surface area contributed by atoms with Crippen molar-refractivity contribution in [3.05, 3.63) is 76.3 Å². The number of thiophene rings is 1. The number of aromatic amines is 1. The Morgan fingerprint density at radius 1 is 1.25 bits per heavy atom. The molecule has 0 saturated heterocycles. The van der Waals surface area contributed by atoms with Crippen molar-refractivity contribution < 1.29 is 9.18 Å². The SMILES string of the molecule is Cc1nn(Cc2ccccc2F)c(C)c1NC(=O)c1cc(-c2cccs2)[nH]n1. The molecule has 2 N–H and O–H groups in total. The van der Waals surface area contributed by atoms with Gasteiger partial charge in [-0.25, -0.2) is 4.39 Å². The molecule has 0 saturated carbocycles. The minimum Gasteiger partial charge on any atom is -0.317 e. The van der Waals surface area contributed by atoms with Gasteiger partial charge in [-0.15, -0.1) is 11.3 Å². The molecule has 0 aliphatic carbocycles. The number of aryl methyl sites for hydroxylation is 1. The van der Waals surface area contributed by atoms with Crippen LogP contribution in [0.25, 0.3) is 10.6 Å². The number of rotatable bonds is 5. The molecule has 28 heavy (non-hydrogen) atoms. The summed E-state index contributed by atoms with van der Waals surface area (Å²) in [6.45, 7) is 3.94. The fourth-order valence-corrected chi connectivity index (χ4v) is 3.69. The van der Waals surface area contributed by atoms with Gasteiger partial charge in [0.2, 0.25) is 0 Å². The fraction of sp³-hybridized carbons (Fsp3) is 0.150. The van der Waals surface area contributed by atoms with Gasteiger partial charge in [-0.1, -0.05) is 24.3 Å². The van der Waals surface area contributed by atoms with Gasteiger partial charge >= 0.3 is 0 Å². The number of H-pyrrole nitrogens is 1. The highest BCUT2D eigenvalue weighted by molar-refractivity contribution is 7.13. The van der Waals surface area contributed by atoms with E-state index in [1.165, 1.54) is 6.07 Å². The largest absolute Gasteiger partial charge is 0.317 e. The number of halogens is 1. The smallest absolute Gasteiger partial charge is 0.276 e. The molecule has 0 aliphatic heterocycles. The van der Waals surface area contributed by atoms with Crippen molar-refractivity contribution in [2.24, 2.45) is 0 Å². The number of aromatic nitrogens is 4. The molecule has 0 bridgehead atoms. The van der Waals surface area contributed by atoms with Gasteiger partial charge in [0.15, 0.2) is 5.69 Å². The van der Waals surface area contributed by atoms with E-state index in [4.69, 9.17) is 0 Å². The molecular weight excluding hydrogens is 377 g/mol. The summed E-state index contributed by atoms with van der Waals surface area (Å²) in [6, 6.07) is 12.2. The lowest BCUT2D eigenvalue weighted by atomic mass is 10.2. The van der Waals surface area contributed by atoms with Gasteiger partial charge in [-0.2, -0.15) is 10.2 Å². The number of benzene rings is 1. The predicted octanol–water partition coefficient (Wildman–Crippen LogP) is 4.39. The van der Waals surface area contributed by atoms with Crippen LogP contribution in [0.1, 0.15) is 27.4 Å². The normalized spacial score (nSPS) is 11.0. The second kappa shape index (κ2) is 7.40. The molecule has 0 aliphatic rings. The average molecular weight is 395 g/mol. The number of amides is 1. The van der Waals surface area contributed by atoms with Gasteiger partial charge in [0.25, 0.3) is 5.91 Å². The summed E-state index contributed by atoms with van der Waals surface area (Å²) < 4.78 is 15.6. The van der Waals surface area contributed by atoms with Crippen molar-refractivity contribution in [3.63, 3.8) is 0 Å². The van der Waals surface area contributed by atoms with Gasteiger partial charge in [0, 0.05) is 5.56 Å². The lowest BCUT2D eigenvalue weighted by molar-refractivity contribution is 0.102. The lowest BCUT2D eigenvalue weighted by Gasteiger charge is -2.07. The Morgan fingerprint density at radius 3 is 2.82 bits per heavy atom. The van der Waals surface area contributed by atoms with E-state index in [1.54, 1.807) is 40.3 Å². The number of hydrogen-bond acceptors (Lipinski definition) is 4. The van der Waals surface area contributed by atoms with E-state index < -0.39 is 0 Å². The highest BCUT2D eigenvalue weighted by Gasteiger charge is 2.18. The first-order chi connectivity index (χ1) is 13.5. The molecule has 6 nitrogen and oxygen atoms in total. The first kappa shape index (κ1) is 18.1. The molecule has 0 radical (unpaired) electrons. The Kier molecular flexibility index (Phi) is 4.79. The third-order valence-electron chi connectivity index (χ3n) is 4.50. The van der Waals surface area contributed by atoms with Crippen LogP contribution in [0.15, 0.2) is 47.8 Å². The second-order valence-corrected chi connectivity index (χ2v) is 7.34. The molecule has 3 aromatic heterocycles. The second-order valence-electron chi connectivity index (χ2n) is 6.39. The number of nitrogens with zero attached hydrogens (tertiary/aromatic N) is 3. The Labute approximate surface area is 165 Å². The number of carbonyl (C=O) groups excluding carboxylic acids is 1. The van der Waals surface area contributed by atoms with E-state index in [1.807, 2.05) is 31.4 Å². The zero-order valence-corrected chi connectivity index (χ0v) is 16.2. The maximum absolute atomic E-state index is 13.9. The molecule has 3 heterocycles. The minimum absolute atomic E-state index is 0.279. The van der Waals surface area contributed by atoms with Crippen LogP contribution in [-0.4, -0.2) is 25.9 Å². The summed E-state index contributed by atoms with van der Waals surface area (Å²) >= 11 is 1.57. The van der Waals surface area contributed by atoms with E-state index in [0.29, 0.717) is 29.2 Å². The van der Waals surface area contributed by atoms with Crippen molar-refractivity contribution >= 4 is 22.9 Å². The van der Waals surface area contributed by atoms with Crippen LogP contribution in [0.5, 0.6) is 0 Å². The average Bonchev–Trinajstić information content (AvgIpc) is 3.41. The lowest BCUT2D eigenvalue weighted by Crippen LogP contribution is -2.14. The molecular formula is C20H18FN5OS. The van der Waals surface area contributed by atoms with Crippen LogP contribution in [0, 0.1) is 19.7 Å². The molecule has 0 unspecified atom stereocenters. The van der Waals surface area contributed by atoms with Gasteiger partial charge < -0.3 is 5.32 Å². The fourth-order valence-electron chi connectivity index (χ4n) is 2.99. The van der Waals surface area contributed by atoms with Crippen LogP contribution in [-0.2, 0) is 6.54 Å². The Bertz CT molecular complexity index is 1130. The maximum Gasteiger partial charge on any atom is 0.276 e. The third-order valence-corrected chi connectivity index (χ3v) is 5.40. The third kappa shape index (κ3) is 3.46. The minimum atomic E-state index is -0.323. The van der Waals surface area contributed by atoms with E-state index in [2.05, 4.69) is 20.6 Å². The first-order valence-corrected chi connectivity index (χ1v) is 9.59. The molecule has 1 aromatic carbocycles. The molecule has 8 heteroatoms. The molecule has 0 spiro atoms.